The third-order valence-electron chi connectivity index (χ3n) is 3.90. The summed E-state index contributed by atoms with van der Waals surface area (Å²) in [5, 5.41) is 8.81. The van der Waals surface area contributed by atoms with Gasteiger partial charge in [0, 0.05) is 13.1 Å². The smallest absolute Gasteiger partial charge is 0.260 e. The summed E-state index contributed by atoms with van der Waals surface area (Å²) in [6.07, 6.45) is 0.308. The quantitative estimate of drug-likeness (QED) is 0.782. The number of amides is 1. The van der Waals surface area contributed by atoms with Gasteiger partial charge < -0.3 is 9.64 Å². The maximum Gasteiger partial charge on any atom is 0.260 e. The van der Waals surface area contributed by atoms with Crippen molar-refractivity contribution in [1.82, 2.24) is 4.90 Å². The molecule has 0 N–H and O–H groups in total. The van der Waals surface area contributed by atoms with E-state index in [2.05, 4.69) is 6.07 Å². The second-order valence-electron chi connectivity index (χ2n) is 5.74. The maximum absolute atomic E-state index is 12.5. The van der Waals surface area contributed by atoms with E-state index in [0.717, 1.165) is 11.1 Å². The highest BCUT2D eigenvalue weighted by Gasteiger charge is 2.14. The molecule has 1 amide bonds. The van der Waals surface area contributed by atoms with Gasteiger partial charge in [0.05, 0.1) is 12.5 Å². The van der Waals surface area contributed by atoms with Gasteiger partial charge in [-0.2, -0.15) is 5.26 Å². The average molecular weight is 322 g/mol. The zero-order valence-electron chi connectivity index (χ0n) is 14.2. The Morgan fingerprint density at radius 2 is 1.88 bits per heavy atom. The minimum atomic E-state index is -0.118. The Kier molecular flexibility index (Phi) is 6.39. The fourth-order valence-electron chi connectivity index (χ4n) is 2.32. The van der Waals surface area contributed by atoms with Gasteiger partial charge >= 0.3 is 0 Å². The van der Waals surface area contributed by atoms with Gasteiger partial charge in [0.2, 0.25) is 0 Å². The number of nitriles is 1. The topological polar surface area (TPSA) is 53.3 Å². The molecule has 0 spiro atoms. The number of carbonyl (C=O) groups excluding carboxylic acids is 1. The van der Waals surface area contributed by atoms with Gasteiger partial charge in [-0.1, -0.05) is 36.4 Å². The van der Waals surface area contributed by atoms with Crippen molar-refractivity contribution in [3.8, 4) is 11.8 Å². The fraction of sp³-hybridized carbons (Fsp3) is 0.300. The van der Waals surface area contributed by atoms with Crippen molar-refractivity contribution in [1.29, 1.82) is 5.26 Å². The molecule has 0 bridgehead atoms. The highest BCUT2D eigenvalue weighted by Crippen LogP contribution is 2.16. The van der Waals surface area contributed by atoms with Crippen LogP contribution in [0.25, 0.3) is 0 Å². The van der Waals surface area contributed by atoms with Crippen LogP contribution in [-0.2, 0) is 11.3 Å². The second-order valence-corrected chi connectivity index (χ2v) is 5.74. The first kappa shape index (κ1) is 17.6. The van der Waals surface area contributed by atoms with Crippen LogP contribution in [0.1, 0.15) is 23.1 Å². The van der Waals surface area contributed by atoms with Gasteiger partial charge in [-0.05, 0) is 42.7 Å². The summed E-state index contributed by atoms with van der Waals surface area (Å²) >= 11 is 0. The summed E-state index contributed by atoms with van der Waals surface area (Å²) in [7, 11) is 0. The Labute approximate surface area is 143 Å². The highest BCUT2D eigenvalue weighted by atomic mass is 16.5. The van der Waals surface area contributed by atoms with E-state index in [4.69, 9.17) is 10.00 Å². The number of carbonyl (C=O) groups is 1. The van der Waals surface area contributed by atoms with Gasteiger partial charge in [0.1, 0.15) is 5.75 Å². The first-order chi connectivity index (χ1) is 11.6. The highest BCUT2D eigenvalue weighted by molar-refractivity contribution is 5.77. The zero-order chi connectivity index (χ0) is 17.4. The molecule has 2 rings (SSSR count). The van der Waals surface area contributed by atoms with Crippen LogP contribution in [0.4, 0.5) is 0 Å². The van der Waals surface area contributed by atoms with Crippen molar-refractivity contribution >= 4 is 5.91 Å². The Bertz CT molecular complexity index is 720. The Morgan fingerprint density at radius 3 is 2.54 bits per heavy atom. The number of ether oxygens (including phenoxy) is 1. The van der Waals surface area contributed by atoms with Gasteiger partial charge in [0.15, 0.2) is 6.61 Å². The van der Waals surface area contributed by atoms with Crippen molar-refractivity contribution in [2.24, 2.45) is 0 Å². The minimum absolute atomic E-state index is 0.0270. The van der Waals surface area contributed by atoms with Crippen LogP contribution in [-0.4, -0.2) is 24.0 Å². The van der Waals surface area contributed by atoms with Crippen LogP contribution >= 0.6 is 0 Å². The Balaban J connectivity index is 1.98. The number of rotatable bonds is 7. The number of nitrogens with zero attached hydrogens (tertiary/aromatic N) is 2. The SMILES string of the molecule is Cc1ccc(OCC(=O)N(CCC#N)Cc2ccccc2)cc1C. The zero-order valence-corrected chi connectivity index (χ0v) is 14.2. The van der Waals surface area contributed by atoms with Gasteiger partial charge in [-0.25, -0.2) is 0 Å². The molecule has 4 nitrogen and oxygen atoms in total. The summed E-state index contributed by atoms with van der Waals surface area (Å²) < 4.78 is 5.63. The van der Waals surface area contributed by atoms with E-state index in [0.29, 0.717) is 25.3 Å². The molecular formula is C20H22N2O2. The number of benzene rings is 2. The molecule has 0 aliphatic rings. The number of aryl methyl sites for hydroxylation is 2. The van der Waals surface area contributed by atoms with Crippen LogP contribution in [0.2, 0.25) is 0 Å². The van der Waals surface area contributed by atoms with Gasteiger partial charge in [-0.15, -0.1) is 0 Å². The molecular weight excluding hydrogens is 300 g/mol. The summed E-state index contributed by atoms with van der Waals surface area (Å²) in [6, 6.07) is 17.6. The molecule has 0 saturated carbocycles. The molecule has 124 valence electrons. The molecule has 0 fully saturated rings. The maximum atomic E-state index is 12.5. The monoisotopic (exact) mass is 322 g/mol. The molecule has 0 unspecified atom stereocenters. The first-order valence-electron chi connectivity index (χ1n) is 7.99. The number of hydrogen-bond donors (Lipinski definition) is 0. The average Bonchev–Trinajstić information content (AvgIpc) is 2.60. The van der Waals surface area contributed by atoms with Gasteiger partial charge in [0.25, 0.3) is 5.91 Å². The molecule has 4 heteroatoms. The predicted octanol–water partition coefficient (Wildman–Crippen LogP) is 3.62. The van der Waals surface area contributed by atoms with E-state index in [1.165, 1.54) is 5.56 Å². The van der Waals surface area contributed by atoms with Crippen molar-refractivity contribution in [3.05, 3.63) is 65.2 Å². The molecule has 0 aliphatic carbocycles. The van der Waals surface area contributed by atoms with E-state index in [9.17, 15) is 4.79 Å². The van der Waals surface area contributed by atoms with Gasteiger partial charge in [-0.3, -0.25) is 4.79 Å². The Morgan fingerprint density at radius 1 is 1.12 bits per heavy atom. The second kappa shape index (κ2) is 8.73. The lowest BCUT2D eigenvalue weighted by atomic mass is 10.1. The van der Waals surface area contributed by atoms with Crippen LogP contribution in [0.3, 0.4) is 0 Å². The summed E-state index contributed by atoms with van der Waals surface area (Å²) in [5.74, 6) is 0.568. The van der Waals surface area contributed by atoms with Crippen molar-refractivity contribution < 1.29 is 9.53 Å². The molecule has 0 heterocycles. The van der Waals surface area contributed by atoms with E-state index in [-0.39, 0.29) is 12.5 Å². The Hall–Kier alpha value is -2.80. The molecule has 0 aliphatic heterocycles. The third-order valence-corrected chi connectivity index (χ3v) is 3.90. The third kappa shape index (κ3) is 5.13. The fourth-order valence-corrected chi connectivity index (χ4v) is 2.32. The van der Waals surface area contributed by atoms with Crippen molar-refractivity contribution in [2.75, 3.05) is 13.2 Å². The molecule has 2 aromatic rings. The lowest BCUT2D eigenvalue weighted by Gasteiger charge is -2.22. The molecule has 0 aromatic heterocycles. The van der Waals surface area contributed by atoms with Crippen LogP contribution in [0.5, 0.6) is 5.75 Å². The summed E-state index contributed by atoms with van der Waals surface area (Å²) in [6.45, 7) is 4.91. The molecule has 0 saturated heterocycles. The lowest BCUT2D eigenvalue weighted by molar-refractivity contribution is -0.133. The molecule has 24 heavy (non-hydrogen) atoms. The largest absolute Gasteiger partial charge is 0.484 e. The van der Waals surface area contributed by atoms with E-state index >= 15 is 0 Å². The molecule has 0 atom stereocenters. The standard InChI is InChI=1S/C20H22N2O2/c1-16-9-10-19(13-17(16)2)24-15-20(23)22(12-6-11-21)14-18-7-4-3-5-8-18/h3-5,7-10,13H,6,12,14-15H2,1-2H3. The summed E-state index contributed by atoms with van der Waals surface area (Å²) in [5.41, 5.74) is 3.36. The first-order valence-corrected chi connectivity index (χ1v) is 7.99. The van der Waals surface area contributed by atoms with Crippen molar-refractivity contribution in [3.63, 3.8) is 0 Å². The van der Waals surface area contributed by atoms with Crippen LogP contribution in [0, 0.1) is 25.2 Å². The molecule has 2 aromatic carbocycles. The van der Waals surface area contributed by atoms with E-state index < -0.39 is 0 Å². The van der Waals surface area contributed by atoms with Crippen LogP contribution < -0.4 is 4.74 Å². The number of hydrogen-bond acceptors (Lipinski definition) is 3. The summed E-state index contributed by atoms with van der Waals surface area (Å²) in [4.78, 5) is 14.1. The minimum Gasteiger partial charge on any atom is -0.484 e. The molecule has 0 radical (unpaired) electrons. The normalized spacial score (nSPS) is 10.0. The van der Waals surface area contributed by atoms with Crippen molar-refractivity contribution in [2.45, 2.75) is 26.8 Å². The van der Waals surface area contributed by atoms with E-state index in [1.54, 1.807) is 4.90 Å². The van der Waals surface area contributed by atoms with E-state index in [1.807, 2.05) is 62.4 Å². The van der Waals surface area contributed by atoms with Crippen LogP contribution in [0.15, 0.2) is 48.5 Å². The predicted molar refractivity (Wildman–Crippen MR) is 93.5 cm³/mol. The lowest BCUT2D eigenvalue weighted by Crippen LogP contribution is -2.35.